The van der Waals surface area contributed by atoms with Crippen molar-refractivity contribution in [2.75, 3.05) is 6.61 Å². The molecule has 1 N–H and O–H groups in total. The number of Topliss-reactive ketones (excluding diaryl/α,β-unsaturated/α-hetero) is 1. The Morgan fingerprint density at radius 2 is 1.92 bits per heavy atom. The van der Waals surface area contributed by atoms with E-state index >= 15 is 0 Å². The highest BCUT2D eigenvalue weighted by Crippen LogP contribution is 2.18. The molecule has 8 heteroatoms. The van der Waals surface area contributed by atoms with E-state index in [2.05, 4.69) is 5.32 Å². The van der Waals surface area contributed by atoms with Gasteiger partial charge in [0.15, 0.2) is 12.8 Å². The van der Waals surface area contributed by atoms with Crippen LogP contribution in [0.25, 0.3) is 0 Å². The van der Waals surface area contributed by atoms with Crippen LogP contribution in [0.4, 0.5) is 0 Å². The van der Waals surface area contributed by atoms with Crippen LogP contribution in [0.2, 0.25) is 0 Å². The number of carbonyl (C=O) groups excluding carboxylic acids is 3. The molecule has 138 valence electrons. The second kappa shape index (κ2) is 8.09. The molecule has 0 radical (unpaired) electrons. The predicted octanol–water partition coefficient (Wildman–Crippen LogP) is 2.08. The standard InChI is InChI=1S/C18H20N2O5S/c1-18(2,3)17(23)19-10-12-7-8-15(26-12)14(21)11-25-16(22)13-6-4-5-9-20(13)24/h4-9H,10-11H2,1-3H3,(H,19,23). The Labute approximate surface area is 155 Å². The van der Waals surface area contributed by atoms with Gasteiger partial charge in [0.1, 0.15) is 0 Å². The number of ether oxygens (including phenoxy) is 1. The van der Waals surface area contributed by atoms with E-state index in [0.29, 0.717) is 16.2 Å². The minimum Gasteiger partial charge on any atom is -0.618 e. The zero-order chi connectivity index (χ0) is 19.3. The zero-order valence-electron chi connectivity index (χ0n) is 14.8. The summed E-state index contributed by atoms with van der Waals surface area (Å²) < 4.78 is 5.29. The number of pyridine rings is 1. The molecule has 0 aliphatic rings. The fourth-order valence-electron chi connectivity index (χ4n) is 1.92. The first kappa shape index (κ1) is 19.6. The number of nitrogens with one attached hydrogen (secondary N) is 1. The van der Waals surface area contributed by atoms with Crippen LogP contribution in [0.1, 0.15) is 45.8 Å². The fourth-order valence-corrected chi connectivity index (χ4v) is 2.79. The maximum atomic E-state index is 12.1. The first-order valence-corrected chi connectivity index (χ1v) is 8.75. The number of thiophene rings is 1. The van der Waals surface area contributed by atoms with E-state index in [-0.39, 0.29) is 17.4 Å². The van der Waals surface area contributed by atoms with Gasteiger partial charge in [0.2, 0.25) is 11.7 Å². The molecule has 7 nitrogen and oxygen atoms in total. The highest BCUT2D eigenvalue weighted by Gasteiger charge is 2.22. The lowest BCUT2D eigenvalue weighted by Gasteiger charge is -2.17. The van der Waals surface area contributed by atoms with Gasteiger partial charge in [-0.05, 0) is 18.2 Å². The van der Waals surface area contributed by atoms with Gasteiger partial charge in [0.05, 0.1) is 11.4 Å². The van der Waals surface area contributed by atoms with Crippen molar-refractivity contribution in [3.05, 3.63) is 57.2 Å². The van der Waals surface area contributed by atoms with E-state index in [1.54, 1.807) is 12.1 Å². The van der Waals surface area contributed by atoms with Crippen LogP contribution in [-0.2, 0) is 16.1 Å². The molecule has 0 atom stereocenters. The van der Waals surface area contributed by atoms with Crippen molar-refractivity contribution in [3.8, 4) is 0 Å². The van der Waals surface area contributed by atoms with E-state index in [0.717, 1.165) is 4.88 Å². The Hall–Kier alpha value is -2.74. The monoisotopic (exact) mass is 376 g/mol. The molecule has 0 aromatic carbocycles. The van der Waals surface area contributed by atoms with Gasteiger partial charge >= 0.3 is 11.7 Å². The number of rotatable bonds is 6. The van der Waals surface area contributed by atoms with Gasteiger partial charge < -0.3 is 15.3 Å². The maximum absolute atomic E-state index is 12.1. The van der Waals surface area contributed by atoms with Crippen LogP contribution < -0.4 is 10.0 Å². The SMILES string of the molecule is CC(C)(C)C(=O)NCc1ccc(C(=O)COC(=O)c2cccc[n+]2[O-])s1. The number of amides is 1. The molecule has 26 heavy (non-hydrogen) atoms. The van der Waals surface area contributed by atoms with Gasteiger partial charge in [0.25, 0.3) is 0 Å². The van der Waals surface area contributed by atoms with Crippen LogP contribution in [0, 0.1) is 10.6 Å². The molecule has 0 saturated heterocycles. The summed E-state index contributed by atoms with van der Waals surface area (Å²) in [6, 6.07) is 7.70. The molecule has 0 spiro atoms. The van der Waals surface area contributed by atoms with Gasteiger partial charge in [0, 0.05) is 22.4 Å². The Morgan fingerprint density at radius 1 is 1.19 bits per heavy atom. The van der Waals surface area contributed by atoms with Gasteiger partial charge in [-0.15, -0.1) is 11.3 Å². The molecule has 1 amide bonds. The molecule has 2 rings (SSSR count). The van der Waals surface area contributed by atoms with Crippen molar-refractivity contribution >= 4 is 29.0 Å². The molecule has 0 saturated carbocycles. The Kier molecular flexibility index (Phi) is 6.10. The Bertz CT molecular complexity index is 823. The zero-order valence-corrected chi connectivity index (χ0v) is 15.6. The van der Waals surface area contributed by atoms with Crippen molar-refractivity contribution in [2.24, 2.45) is 5.41 Å². The van der Waals surface area contributed by atoms with Crippen LogP contribution in [0.5, 0.6) is 0 Å². The fraction of sp³-hybridized carbons (Fsp3) is 0.333. The lowest BCUT2D eigenvalue weighted by molar-refractivity contribution is -0.608. The largest absolute Gasteiger partial charge is 0.618 e. The lowest BCUT2D eigenvalue weighted by atomic mass is 9.96. The number of hydrogen-bond acceptors (Lipinski definition) is 6. The van der Waals surface area contributed by atoms with Crippen molar-refractivity contribution in [3.63, 3.8) is 0 Å². The molecule has 0 unspecified atom stereocenters. The second-order valence-electron chi connectivity index (χ2n) is 6.61. The van der Waals surface area contributed by atoms with E-state index < -0.39 is 18.0 Å². The third-order valence-electron chi connectivity index (χ3n) is 3.41. The summed E-state index contributed by atoms with van der Waals surface area (Å²) in [5, 5.41) is 14.3. The predicted molar refractivity (Wildman–Crippen MR) is 95.6 cm³/mol. The third-order valence-corrected chi connectivity index (χ3v) is 4.53. The van der Waals surface area contributed by atoms with Gasteiger partial charge in [-0.1, -0.05) is 20.8 Å². The summed E-state index contributed by atoms with van der Waals surface area (Å²) in [6.45, 7) is 5.32. The molecular formula is C18H20N2O5S. The van der Waals surface area contributed by atoms with Crippen LogP contribution in [-0.4, -0.2) is 24.3 Å². The first-order valence-electron chi connectivity index (χ1n) is 7.94. The summed E-state index contributed by atoms with van der Waals surface area (Å²) in [5.74, 6) is -1.31. The van der Waals surface area contributed by atoms with E-state index in [1.165, 1.54) is 35.7 Å². The summed E-state index contributed by atoms with van der Waals surface area (Å²) in [6.07, 6.45) is 1.18. The first-order chi connectivity index (χ1) is 12.2. The molecule has 0 aliphatic heterocycles. The molecular weight excluding hydrogens is 356 g/mol. The third kappa shape index (κ3) is 5.13. The number of aromatic nitrogens is 1. The minimum absolute atomic E-state index is 0.0820. The highest BCUT2D eigenvalue weighted by atomic mass is 32.1. The summed E-state index contributed by atoms with van der Waals surface area (Å²) >= 11 is 1.22. The van der Waals surface area contributed by atoms with Gasteiger partial charge in [-0.25, -0.2) is 4.79 Å². The highest BCUT2D eigenvalue weighted by molar-refractivity contribution is 7.14. The maximum Gasteiger partial charge on any atom is 0.405 e. The molecule has 0 aliphatic carbocycles. The van der Waals surface area contributed by atoms with E-state index in [9.17, 15) is 19.6 Å². The quantitative estimate of drug-likeness (QED) is 0.360. The Morgan fingerprint density at radius 3 is 2.58 bits per heavy atom. The number of ketones is 1. The van der Waals surface area contributed by atoms with Crippen molar-refractivity contribution in [2.45, 2.75) is 27.3 Å². The molecule has 0 fully saturated rings. The molecule has 0 bridgehead atoms. The van der Waals surface area contributed by atoms with Gasteiger partial charge in [-0.2, -0.15) is 4.73 Å². The van der Waals surface area contributed by atoms with E-state index in [1.807, 2.05) is 20.8 Å². The van der Waals surface area contributed by atoms with Crippen LogP contribution >= 0.6 is 11.3 Å². The number of nitrogens with zero attached hydrogens (tertiary/aromatic N) is 1. The summed E-state index contributed by atoms with van der Waals surface area (Å²) in [4.78, 5) is 37.1. The van der Waals surface area contributed by atoms with E-state index in [4.69, 9.17) is 4.74 Å². The van der Waals surface area contributed by atoms with Crippen molar-refractivity contribution in [1.29, 1.82) is 0 Å². The van der Waals surface area contributed by atoms with Crippen molar-refractivity contribution < 1.29 is 23.9 Å². The average Bonchev–Trinajstić information content (AvgIpc) is 3.05. The second-order valence-corrected chi connectivity index (χ2v) is 7.78. The molecule has 2 aromatic heterocycles. The summed E-state index contributed by atoms with van der Waals surface area (Å²) in [5.41, 5.74) is -0.669. The number of esters is 1. The number of carbonyl (C=O) groups is 3. The normalized spacial score (nSPS) is 11.0. The smallest absolute Gasteiger partial charge is 0.405 e. The van der Waals surface area contributed by atoms with Crippen molar-refractivity contribution in [1.82, 2.24) is 5.32 Å². The topological polar surface area (TPSA) is 99.4 Å². The van der Waals surface area contributed by atoms with Crippen LogP contribution in [0.15, 0.2) is 36.5 Å². The molecule has 2 aromatic rings. The average molecular weight is 376 g/mol. The molecule has 2 heterocycles. The Balaban J connectivity index is 1.89. The number of hydrogen-bond donors (Lipinski definition) is 1. The van der Waals surface area contributed by atoms with Crippen LogP contribution in [0.3, 0.4) is 0 Å². The summed E-state index contributed by atoms with van der Waals surface area (Å²) in [7, 11) is 0. The lowest BCUT2D eigenvalue weighted by Crippen LogP contribution is -2.35. The van der Waals surface area contributed by atoms with Gasteiger partial charge in [-0.3, -0.25) is 9.59 Å². The minimum atomic E-state index is -0.858.